The van der Waals surface area contributed by atoms with Crippen molar-refractivity contribution < 1.29 is 43.2 Å². The molecule has 2 N–H and O–H groups in total. The summed E-state index contributed by atoms with van der Waals surface area (Å²) in [6, 6.07) is 4.65. The molecule has 56 heavy (non-hydrogen) atoms. The maximum absolute atomic E-state index is 13.7. The number of ketones is 1. The van der Waals surface area contributed by atoms with E-state index in [1.165, 1.54) is 0 Å². The highest BCUT2D eigenvalue weighted by Crippen LogP contribution is 2.39. The minimum absolute atomic E-state index is 0.00983. The molecule has 1 amide bonds. The molecule has 3 fully saturated rings. The molecule has 0 spiro atoms. The number of nitrogens with zero attached hydrogens (tertiary/aromatic N) is 6. The molecule has 0 aliphatic carbocycles. The Labute approximate surface area is 330 Å². The van der Waals surface area contributed by atoms with Gasteiger partial charge in [0.25, 0.3) is 0 Å². The molecule has 2 aromatic heterocycles. The predicted molar refractivity (Wildman–Crippen MR) is 206 cm³/mol. The number of carbonyl (C=O) groups excluding carboxylic acids is 3. The number of aliphatic hydroxyl groups is 1. The zero-order chi connectivity index (χ0) is 40.8. The van der Waals surface area contributed by atoms with E-state index in [1.54, 1.807) is 22.9 Å². The lowest BCUT2D eigenvalue weighted by molar-refractivity contribution is -0.289. The van der Waals surface area contributed by atoms with Crippen LogP contribution in [0.15, 0.2) is 30.6 Å². The lowest BCUT2D eigenvalue weighted by atomic mass is 9.83. The Balaban J connectivity index is 1.33. The molecule has 0 saturated carbocycles. The molecule has 0 radical (unpaired) electrons. The number of aromatic nitrogens is 4. The number of pyridine rings is 1. The van der Waals surface area contributed by atoms with E-state index in [2.05, 4.69) is 27.5 Å². The van der Waals surface area contributed by atoms with Crippen LogP contribution in [0.25, 0.3) is 11.4 Å². The normalized spacial score (nSPS) is 35.1. The number of amides is 1. The third-order valence-electron chi connectivity index (χ3n) is 11.7. The fraction of sp³-hybridized carbons (Fsp3) is 0.750. The second kappa shape index (κ2) is 18.8. The van der Waals surface area contributed by atoms with E-state index in [0.717, 1.165) is 12.1 Å². The van der Waals surface area contributed by atoms with E-state index >= 15 is 0 Å². The number of rotatable bonds is 11. The molecule has 3 aliphatic heterocycles. The van der Waals surface area contributed by atoms with Gasteiger partial charge in [-0.2, -0.15) is 0 Å². The van der Waals surface area contributed by atoms with Crippen LogP contribution in [-0.4, -0.2) is 147 Å². The smallest absolute Gasteiger partial charge is 0.410 e. The third kappa shape index (κ3) is 10.1. The molecule has 3 saturated heterocycles. The predicted octanol–water partition coefficient (Wildman–Crippen LogP) is 3.61. The van der Waals surface area contributed by atoms with Gasteiger partial charge in [0.05, 0.1) is 35.7 Å². The molecular weight excluding hydrogens is 722 g/mol. The highest BCUT2D eigenvalue weighted by Gasteiger charge is 2.58. The number of esters is 1. The first-order valence-corrected chi connectivity index (χ1v) is 20.0. The van der Waals surface area contributed by atoms with Crippen molar-refractivity contribution in [3.8, 4) is 11.4 Å². The van der Waals surface area contributed by atoms with Crippen LogP contribution in [0.5, 0.6) is 0 Å². The van der Waals surface area contributed by atoms with Crippen LogP contribution in [0, 0.1) is 5.92 Å². The molecule has 16 heteroatoms. The van der Waals surface area contributed by atoms with Crippen molar-refractivity contribution in [2.45, 2.75) is 153 Å². The number of ether oxygens (including phenoxy) is 5. The molecule has 312 valence electrons. The number of methoxy groups -OCH3 is 1. The summed E-state index contributed by atoms with van der Waals surface area (Å²) in [5.74, 6) is -1.11. The zero-order valence-corrected chi connectivity index (χ0v) is 34.6. The minimum Gasteiger partial charge on any atom is -0.458 e. The van der Waals surface area contributed by atoms with Gasteiger partial charge >= 0.3 is 12.1 Å². The topological polar surface area (TPSA) is 180 Å². The lowest BCUT2D eigenvalue weighted by Crippen LogP contribution is -2.60. The van der Waals surface area contributed by atoms with Crippen LogP contribution < -0.4 is 5.32 Å². The second-order valence-corrected chi connectivity index (χ2v) is 16.5. The molecule has 11 atom stereocenters. The second-order valence-electron chi connectivity index (χ2n) is 16.5. The van der Waals surface area contributed by atoms with Crippen molar-refractivity contribution in [2.75, 3.05) is 34.3 Å². The largest absolute Gasteiger partial charge is 0.458 e. The molecule has 5 heterocycles. The Hall–Kier alpha value is -3.54. The summed E-state index contributed by atoms with van der Waals surface area (Å²) >= 11 is 0. The number of hydrogen-bond donors (Lipinski definition) is 2. The number of fused-ring (bicyclic) bond motifs is 1. The molecule has 3 aliphatic rings. The third-order valence-corrected chi connectivity index (χ3v) is 11.7. The highest BCUT2D eigenvalue weighted by atomic mass is 16.7. The van der Waals surface area contributed by atoms with Crippen LogP contribution in [0.4, 0.5) is 4.79 Å². The standard InChI is InChI=1S/C40H63N7O9/c1-10-32-40(6)36(47(38(51)56-40)18-14-13-17-46-24-30(43-44-46)29-15-11-12-16-41-29)27(4)42-23-25(2)22-39(5,52-9)33(20-28(48)21-34(49)54-32)55-37-35(50)31(45(7)8)19-26(3)53-37/h11-12,15-16,24-27,31-33,35-37,42,50H,10,13-14,17-23H2,1-9H3/t25-,26-,27-,31?,32-,33-,35-,36-,37+,39-,40-/m1/s1. The van der Waals surface area contributed by atoms with Gasteiger partial charge in [0.15, 0.2) is 11.9 Å². The van der Waals surface area contributed by atoms with Gasteiger partial charge in [0, 0.05) is 44.9 Å². The monoisotopic (exact) mass is 785 g/mol. The average molecular weight is 786 g/mol. The number of nitrogens with one attached hydrogen (secondary N) is 1. The first-order valence-electron chi connectivity index (χ1n) is 20.0. The Kier molecular flexibility index (Phi) is 14.6. The highest BCUT2D eigenvalue weighted by molar-refractivity contribution is 5.96. The van der Waals surface area contributed by atoms with Crippen LogP contribution in [0.1, 0.15) is 86.5 Å². The Bertz CT molecular complexity index is 1610. The van der Waals surface area contributed by atoms with E-state index in [1.807, 2.05) is 78.0 Å². The van der Waals surface area contributed by atoms with Gasteiger partial charge in [-0.1, -0.05) is 25.1 Å². The number of Topliss-reactive ketones (excluding diaryl/α,β-unsaturated/α-hetero) is 1. The first-order chi connectivity index (χ1) is 26.6. The fourth-order valence-electron chi connectivity index (χ4n) is 8.66. The zero-order valence-electron chi connectivity index (χ0n) is 34.6. The van der Waals surface area contributed by atoms with Crippen molar-refractivity contribution >= 4 is 17.8 Å². The molecule has 5 rings (SSSR count). The molecule has 0 bridgehead atoms. The summed E-state index contributed by atoms with van der Waals surface area (Å²) in [4.78, 5) is 48.9. The van der Waals surface area contributed by atoms with Crippen molar-refractivity contribution in [3.05, 3.63) is 30.6 Å². The van der Waals surface area contributed by atoms with Crippen LogP contribution in [0.3, 0.4) is 0 Å². The summed E-state index contributed by atoms with van der Waals surface area (Å²) < 4.78 is 32.7. The van der Waals surface area contributed by atoms with Gasteiger partial charge in [-0.05, 0) is 98.5 Å². The summed E-state index contributed by atoms with van der Waals surface area (Å²) in [6.45, 7) is 13.2. The van der Waals surface area contributed by atoms with Gasteiger partial charge in [-0.25, -0.2) is 4.79 Å². The molecular formula is C40H63N7O9. The molecule has 16 nitrogen and oxygen atoms in total. The molecule has 2 aromatic rings. The van der Waals surface area contributed by atoms with Gasteiger partial charge in [-0.3, -0.25) is 24.2 Å². The average Bonchev–Trinajstić information content (AvgIpc) is 3.73. The van der Waals surface area contributed by atoms with Crippen LogP contribution in [0.2, 0.25) is 0 Å². The van der Waals surface area contributed by atoms with E-state index in [0.29, 0.717) is 51.0 Å². The number of hydrogen-bond acceptors (Lipinski definition) is 14. The summed E-state index contributed by atoms with van der Waals surface area (Å²) in [7, 11) is 5.38. The quantitative estimate of drug-likeness (QED) is 0.192. The lowest BCUT2D eigenvalue weighted by Gasteiger charge is -2.45. The van der Waals surface area contributed by atoms with Gasteiger partial charge in [0.2, 0.25) is 0 Å². The van der Waals surface area contributed by atoms with E-state index in [4.69, 9.17) is 23.7 Å². The Morgan fingerprint density at radius 1 is 1.09 bits per heavy atom. The number of likely N-dealkylation sites (N-methyl/N-ethyl adjacent to an activating group) is 1. The molecule has 0 aromatic carbocycles. The van der Waals surface area contributed by atoms with Gasteiger partial charge in [-0.15, -0.1) is 5.10 Å². The number of aryl methyl sites for hydroxylation is 1. The van der Waals surface area contributed by atoms with E-state index in [-0.39, 0.29) is 30.5 Å². The first kappa shape index (κ1) is 43.6. The van der Waals surface area contributed by atoms with Gasteiger partial charge < -0.3 is 39.0 Å². The van der Waals surface area contributed by atoms with Crippen LogP contribution in [-0.2, 0) is 39.8 Å². The Morgan fingerprint density at radius 2 is 1.84 bits per heavy atom. The summed E-state index contributed by atoms with van der Waals surface area (Å²) in [5.41, 5.74) is -0.766. The van der Waals surface area contributed by atoms with Crippen molar-refractivity contribution in [1.82, 2.24) is 35.1 Å². The maximum Gasteiger partial charge on any atom is 0.410 e. The number of aliphatic hydroxyl groups excluding tert-OH is 1. The van der Waals surface area contributed by atoms with Crippen molar-refractivity contribution in [2.24, 2.45) is 5.92 Å². The number of carbonyl (C=O) groups is 3. The number of unbranched alkanes of at least 4 members (excludes halogenated alkanes) is 1. The van der Waals surface area contributed by atoms with E-state index < -0.39 is 66.1 Å². The Morgan fingerprint density at radius 3 is 2.52 bits per heavy atom. The maximum atomic E-state index is 13.7. The van der Waals surface area contributed by atoms with E-state index in [9.17, 15) is 19.5 Å². The summed E-state index contributed by atoms with van der Waals surface area (Å²) in [5, 5.41) is 23.5. The van der Waals surface area contributed by atoms with Crippen LogP contribution >= 0.6 is 0 Å². The van der Waals surface area contributed by atoms with Crippen molar-refractivity contribution in [3.63, 3.8) is 0 Å². The minimum atomic E-state index is -1.20. The SMILES string of the molecule is CC[C@H]1OC(=O)CC(=O)C[C@@H](O[C@@H]2O[C@H](C)CC(N(C)C)[C@H]2O)[C@](C)(OC)C[C@@H](C)CN[C@H](C)[C@H]2N(CCCCn3cc(-c4ccccn4)nn3)C(=O)O[C@]12C. The fourth-order valence-corrected chi connectivity index (χ4v) is 8.66. The van der Waals surface area contributed by atoms with Gasteiger partial charge in [0.1, 0.15) is 30.1 Å². The number of cyclic esters (lactones) is 1. The summed E-state index contributed by atoms with van der Waals surface area (Å²) in [6.07, 6.45) is 1.43. The van der Waals surface area contributed by atoms with Crippen molar-refractivity contribution in [1.29, 1.82) is 0 Å². The molecule has 1 unspecified atom stereocenters.